The summed E-state index contributed by atoms with van der Waals surface area (Å²) >= 11 is 0. The minimum Gasteiger partial charge on any atom is -0.495 e. The summed E-state index contributed by atoms with van der Waals surface area (Å²) in [6, 6.07) is 8.42. The van der Waals surface area contributed by atoms with Crippen LogP contribution in [-0.4, -0.2) is 67.2 Å². The maximum Gasteiger partial charge on any atom is 0.192 e. The van der Waals surface area contributed by atoms with Crippen LogP contribution in [-0.2, 0) is 18.3 Å². The first kappa shape index (κ1) is 20.9. The van der Waals surface area contributed by atoms with Crippen LogP contribution in [0, 0.1) is 6.92 Å². The Morgan fingerprint density at radius 1 is 1.28 bits per heavy atom. The molecular formula is C20H31N7O2. The number of anilines is 1. The van der Waals surface area contributed by atoms with Crippen LogP contribution in [0.3, 0.4) is 0 Å². The molecular weight excluding hydrogens is 370 g/mol. The summed E-state index contributed by atoms with van der Waals surface area (Å²) in [6.07, 6.45) is 1.02. The van der Waals surface area contributed by atoms with Crippen molar-refractivity contribution in [3.05, 3.63) is 35.9 Å². The van der Waals surface area contributed by atoms with E-state index in [1.807, 2.05) is 36.7 Å². The molecule has 0 spiro atoms. The first-order chi connectivity index (χ1) is 14.1. The van der Waals surface area contributed by atoms with Crippen LogP contribution in [0.25, 0.3) is 0 Å². The standard InChI is InChI=1S/C20H31N7O2/c1-15-24-25-19(26(15)2)13-22-20(21-10-12-28-3)23-16-9-11-27(14-16)17-7-5-6-8-18(17)29-4/h5-8,16H,9-14H2,1-4H3,(H2,21,22,23). The van der Waals surface area contributed by atoms with Crippen molar-refractivity contribution in [2.45, 2.75) is 25.9 Å². The Kier molecular flexibility index (Phi) is 7.29. The maximum atomic E-state index is 5.51. The highest BCUT2D eigenvalue weighted by molar-refractivity contribution is 5.80. The van der Waals surface area contributed by atoms with Gasteiger partial charge in [-0.1, -0.05) is 12.1 Å². The monoisotopic (exact) mass is 401 g/mol. The summed E-state index contributed by atoms with van der Waals surface area (Å²) in [6.45, 7) is 5.54. The van der Waals surface area contributed by atoms with Crippen molar-refractivity contribution in [1.29, 1.82) is 0 Å². The van der Waals surface area contributed by atoms with Crippen molar-refractivity contribution in [3.8, 4) is 5.75 Å². The van der Waals surface area contributed by atoms with Crippen molar-refractivity contribution in [1.82, 2.24) is 25.4 Å². The smallest absolute Gasteiger partial charge is 0.192 e. The molecule has 0 saturated carbocycles. The van der Waals surface area contributed by atoms with Gasteiger partial charge in [-0.2, -0.15) is 0 Å². The van der Waals surface area contributed by atoms with Crippen LogP contribution >= 0.6 is 0 Å². The van der Waals surface area contributed by atoms with Gasteiger partial charge in [-0.3, -0.25) is 0 Å². The summed E-state index contributed by atoms with van der Waals surface area (Å²) in [7, 11) is 5.35. The molecule has 9 heteroatoms. The molecule has 2 N–H and O–H groups in total. The van der Waals surface area contributed by atoms with Crippen molar-refractivity contribution < 1.29 is 9.47 Å². The molecule has 1 atom stereocenters. The molecule has 1 aromatic carbocycles. The van der Waals surface area contributed by atoms with Gasteiger partial charge in [0.15, 0.2) is 11.8 Å². The molecule has 1 aliphatic rings. The van der Waals surface area contributed by atoms with Crippen molar-refractivity contribution in [3.63, 3.8) is 0 Å². The van der Waals surface area contributed by atoms with Gasteiger partial charge in [0.25, 0.3) is 0 Å². The molecule has 1 saturated heterocycles. The van der Waals surface area contributed by atoms with Gasteiger partial charge >= 0.3 is 0 Å². The molecule has 1 aromatic heterocycles. The van der Waals surface area contributed by atoms with E-state index < -0.39 is 0 Å². The second kappa shape index (κ2) is 10.1. The number of hydrogen-bond donors (Lipinski definition) is 2. The van der Waals surface area contributed by atoms with E-state index in [1.54, 1.807) is 14.2 Å². The van der Waals surface area contributed by atoms with E-state index in [1.165, 1.54) is 0 Å². The van der Waals surface area contributed by atoms with Crippen LogP contribution < -0.4 is 20.3 Å². The van der Waals surface area contributed by atoms with Gasteiger partial charge in [-0.15, -0.1) is 10.2 Å². The molecule has 1 unspecified atom stereocenters. The zero-order valence-electron chi connectivity index (χ0n) is 17.7. The lowest BCUT2D eigenvalue weighted by Gasteiger charge is -2.22. The topological polar surface area (TPSA) is 88.8 Å². The molecule has 9 nitrogen and oxygen atoms in total. The number of benzene rings is 1. The molecule has 2 aromatic rings. The van der Waals surface area contributed by atoms with Gasteiger partial charge in [0.2, 0.25) is 0 Å². The molecule has 29 heavy (non-hydrogen) atoms. The number of hydrogen-bond acceptors (Lipinski definition) is 6. The Labute approximate surface area is 172 Å². The van der Waals surface area contributed by atoms with Gasteiger partial charge < -0.3 is 29.6 Å². The van der Waals surface area contributed by atoms with Crippen LogP contribution in [0.5, 0.6) is 5.75 Å². The van der Waals surface area contributed by atoms with Gasteiger partial charge in [-0.05, 0) is 25.5 Å². The lowest BCUT2D eigenvalue weighted by atomic mass is 10.2. The van der Waals surface area contributed by atoms with Crippen LogP contribution in [0.4, 0.5) is 5.69 Å². The highest BCUT2D eigenvalue weighted by atomic mass is 16.5. The van der Waals surface area contributed by atoms with Crippen molar-refractivity contribution in [2.24, 2.45) is 12.0 Å². The van der Waals surface area contributed by atoms with Crippen LogP contribution in [0.2, 0.25) is 0 Å². The molecule has 3 rings (SSSR count). The number of guanidine groups is 1. The number of ether oxygens (including phenoxy) is 2. The second-order valence-electron chi connectivity index (χ2n) is 7.05. The first-order valence-corrected chi connectivity index (χ1v) is 9.89. The molecule has 0 aliphatic carbocycles. The van der Waals surface area contributed by atoms with E-state index >= 15 is 0 Å². The summed E-state index contributed by atoms with van der Waals surface area (Å²) in [5, 5.41) is 15.2. The number of nitrogens with zero attached hydrogens (tertiary/aromatic N) is 5. The normalized spacial score (nSPS) is 16.9. The predicted molar refractivity (Wildman–Crippen MR) is 114 cm³/mol. The number of nitrogens with one attached hydrogen (secondary N) is 2. The zero-order chi connectivity index (χ0) is 20.6. The third-order valence-corrected chi connectivity index (χ3v) is 5.11. The molecule has 158 valence electrons. The average molecular weight is 402 g/mol. The molecule has 0 amide bonds. The third kappa shape index (κ3) is 5.38. The fraction of sp³-hybridized carbons (Fsp3) is 0.550. The minimum atomic E-state index is 0.287. The van der Waals surface area contributed by atoms with E-state index in [0.29, 0.717) is 19.7 Å². The second-order valence-corrected chi connectivity index (χ2v) is 7.05. The summed E-state index contributed by atoms with van der Waals surface area (Å²) < 4.78 is 12.6. The quantitative estimate of drug-likeness (QED) is 0.389. The Morgan fingerprint density at radius 2 is 2.10 bits per heavy atom. The van der Waals surface area contributed by atoms with E-state index in [0.717, 1.165) is 48.6 Å². The molecule has 1 aliphatic heterocycles. The number of para-hydroxylation sites is 2. The van der Waals surface area contributed by atoms with Gasteiger partial charge in [0.05, 0.1) is 19.4 Å². The maximum absolute atomic E-state index is 5.51. The molecule has 2 heterocycles. The third-order valence-electron chi connectivity index (χ3n) is 5.11. The van der Waals surface area contributed by atoms with E-state index in [2.05, 4.69) is 31.8 Å². The summed E-state index contributed by atoms with van der Waals surface area (Å²) in [4.78, 5) is 7.05. The number of methoxy groups -OCH3 is 2. The van der Waals surface area contributed by atoms with Crippen LogP contribution in [0.15, 0.2) is 29.3 Å². The van der Waals surface area contributed by atoms with Gasteiger partial charge in [0.1, 0.15) is 18.1 Å². The van der Waals surface area contributed by atoms with Gasteiger partial charge in [0, 0.05) is 39.8 Å². The fourth-order valence-electron chi connectivity index (χ4n) is 3.34. The molecule has 0 radical (unpaired) electrons. The van der Waals surface area contributed by atoms with Crippen molar-refractivity contribution in [2.75, 3.05) is 45.4 Å². The first-order valence-electron chi connectivity index (χ1n) is 9.89. The summed E-state index contributed by atoms with van der Waals surface area (Å²) in [5.41, 5.74) is 1.12. The van der Waals surface area contributed by atoms with E-state index in [-0.39, 0.29) is 6.04 Å². The molecule has 1 fully saturated rings. The van der Waals surface area contributed by atoms with Crippen molar-refractivity contribution >= 4 is 11.6 Å². The Balaban J connectivity index is 1.64. The Morgan fingerprint density at radius 3 is 2.83 bits per heavy atom. The Bertz CT molecular complexity index is 821. The molecule has 0 bridgehead atoms. The largest absolute Gasteiger partial charge is 0.495 e. The highest BCUT2D eigenvalue weighted by Gasteiger charge is 2.25. The fourth-order valence-corrected chi connectivity index (χ4v) is 3.34. The number of aliphatic imine (C=N–C) groups is 1. The van der Waals surface area contributed by atoms with E-state index in [9.17, 15) is 0 Å². The summed E-state index contributed by atoms with van der Waals surface area (Å²) in [5.74, 6) is 3.37. The van der Waals surface area contributed by atoms with Gasteiger partial charge in [-0.25, -0.2) is 4.99 Å². The van der Waals surface area contributed by atoms with Crippen LogP contribution in [0.1, 0.15) is 18.1 Å². The highest BCUT2D eigenvalue weighted by Crippen LogP contribution is 2.30. The zero-order valence-corrected chi connectivity index (χ0v) is 17.7. The average Bonchev–Trinajstić information content (AvgIpc) is 3.33. The minimum absolute atomic E-state index is 0.287. The number of rotatable bonds is 8. The Hall–Kier alpha value is -2.81. The lowest BCUT2D eigenvalue weighted by molar-refractivity contribution is 0.203. The van der Waals surface area contributed by atoms with E-state index in [4.69, 9.17) is 14.5 Å². The number of aryl methyl sites for hydroxylation is 1. The predicted octanol–water partition coefficient (Wildman–Crippen LogP) is 1.09. The lowest BCUT2D eigenvalue weighted by Crippen LogP contribution is -2.45. The SMILES string of the molecule is COCCNC(=NCc1nnc(C)n1C)NC1CCN(c2ccccc2OC)C1. The number of aromatic nitrogens is 3.